The van der Waals surface area contributed by atoms with Crippen LogP contribution in [0, 0.1) is 10.1 Å². The summed E-state index contributed by atoms with van der Waals surface area (Å²) in [7, 11) is 0. The molecule has 0 spiro atoms. The molecule has 0 saturated heterocycles. The van der Waals surface area contributed by atoms with Crippen LogP contribution < -0.4 is 0 Å². The predicted octanol–water partition coefficient (Wildman–Crippen LogP) is 2.99. The first-order valence-corrected chi connectivity index (χ1v) is 5.92. The third-order valence-electron chi connectivity index (χ3n) is 2.32. The van der Waals surface area contributed by atoms with Crippen LogP contribution in [-0.2, 0) is 6.42 Å². The molecule has 1 aromatic carbocycles. The number of nitrogens with zero attached hydrogens (tertiary/aromatic N) is 2. The van der Waals surface area contributed by atoms with Gasteiger partial charge in [-0.2, -0.15) is 0 Å². The number of thiazole rings is 1. The molecule has 0 amide bonds. The van der Waals surface area contributed by atoms with Gasteiger partial charge in [-0.15, -0.1) is 11.3 Å². The van der Waals surface area contributed by atoms with Gasteiger partial charge in [-0.3, -0.25) is 10.1 Å². The lowest BCUT2D eigenvalue weighted by Gasteiger charge is -2.00. The lowest BCUT2D eigenvalue weighted by atomic mass is 10.2. The molecule has 2 rings (SSSR count). The molecular formula is C11H10N2O3S. The minimum atomic E-state index is -0.470. The summed E-state index contributed by atoms with van der Waals surface area (Å²) in [5.41, 5.74) is 1.21. The van der Waals surface area contributed by atoms with Crippen molar-refractivity contribution in [2.45, 2.75) is 13.3 Å². The maximum absolute atomic E-state index is 10.9. The van der Waals surface area contributed by atoms with Gasteiger partial charge >= 0.3 is 0 Å². The highest BCUT2D eigenvalue weighted by Gasteiger charge is 2.18. The summed E-state index contributed by atoms with van der Waals surface area (Å²) in [6.45, 7) is 1.97. The van der Waals surface area contributed by atoms with E-state index in [9.17, 15) is 15.2 Å². The molecule has 17 heavy (non-hydrogen) atoms. The third-order valence-corrected chi connectivity index (χ3v) is 3.25. The van der Waals surface area contributed by atoms with Crippen molar-refractivity contribution in [3.63, 3.8) is 0 Å². The van der Waals surface area contributed by atoms with Gasteiger partial charge in [-0.05, 0) is 18.6 Å². The first-order chi connectivity index (χ1) is 8.11. The maximum Gasteiger partial charge on any atom is 0.279 e. The number of benzene rings is 1. The molecule has 0 fully saturated rings. The van der Waals surface area contributed by atoms with E-state index in [0.717, 1.165) is 12.1 Å². The van der Waals surface area contributed by atoms with Gasteiger partial charge in [0.2, 0.25) is 0 Å². The Morgan fingerprint density at radius 1 is 1.53 bits per heavy atom. The number of hydrogen-bond donors (Lipinski definition) is 1. The van der Waals surface area contributed by atoms with E-state index in [1.807, 2.05) is 12.3 Å². The molecule has 0 saturated carbocycles. The van der Waals surface area contributed by atoms with E-state index in [1.165, 1.54) is 29.5 Å². The topological polar surface area (TPSA) is 76.3 Å². The second-order valence-corrected chi connectivity index (χ2v) is 4.31. The first-order valence-electron chi connectivity index (χ1n) is 5.04. The minimum absolute atomic E-state index is 0.00107. The molecule has 0 aliphatic carbocycles. The molecule has 0 aliphatic rings. The number of phenols is 1. The lowest BCUT2D eigenvalue weighted by Crippen LogP contribution is -1.91. The van der Waals surface area contributed by atoms with Crippen LogP contribution in [-0.4, -0.2) is 15.0 Å². The van der Waals surface area contributed by atoms with Crippen molar-refractivity contribution in [1.82, 2.24) is 4.98 Å². The van der Waals surface area contributed by atoms with Crippen LogP contribution in [0.5, 0.6) is 5.75 Å². The summed E-state index contributed by atoms with van der Waals surface area (Å²) in [5, 5.41) is 22.7. The Hall–Kier alpha value is -1.95. The highest BCUT2D eigenvalue weighted by atomic mass is 32.1. The third kappa shape index (κ3) is 2.26. The molecule has 1 N–H and O–H groups in total. The molecule has 0 unspecified atom stereocenters. The fourth-order valence-corrected chi connectivity index (χ4v) is 2.38. The fraction of sp³-hybridized carbons (Fsp3) is 0.182. The van der Waals surface area contributed by atoms with E-state index < -0.39 is 4.92 Å². The number of nitro benzene ring substituents is 1. The SMILES string of the molecule is CCc1csc(-c2cc(O)ccc2[N+](=O)[O-])n1. The highest BCUT2D eigenvalue weighted by Crippen LogP contribution is 2.34. The number of nitro groups is 1. The van der Waals surface area contributed by atoms with Crippen molar-refractivity contribution in [2.24, 2.45) is 0 Å². The van der Waals surface area contributed by atoms with Crippen molar-refractivity contribution < 1.29 is 10.0 Å². The average molecular weight is 250 g/mol. The van der Waals surface area contributed by atoms with E-state index in [2.05, 4.69) is 4.98 Å². The summed E-state index contributed by atoms with van der Waals surface area (Å²) in [6.07, 6.45) is 0.781. The van der Waals surface area contributed by atoms with Crippen molar-refractivity contribution in [3.05, 3.63) is 39.4 Å². The number of aryl methyl sites for hydroxylation is 1. The van der Waals surface area contributed by atoms with Crippen molar-refractivity contribution in [2.75, 3.05) is 0 Å². The Morgan fingerprint density at radius 3 is 2.88 bits per heavy atom. The number of aromatic nitrogens is 1. The van der Waals surface area contributed by atoms with Gasteiger partial charge < -0.3 is 5.11 Å². The zero-order chi connectivity index (χ0) is 12.4. The van der Waals surface area contributed by atoms with Crippen LogP contribution in [0.15, 0.2) is 23.6 Å². The average Bonchev–Trinajstić information content (AvgIpc) is 2.76. The highest BCUT2D eigenvalue weighted by molar-refractivity contribution is 7.13. The summed E-state index contributed by atoms with van der Waals surface area (Å²) in [5.74, 6) is -0.00107. The van der Waals surface area contributed by atoms with Gasteiger partial charge in [-0.1, -0.05) is 6.92 Å². The lowest BCUT2D eigenvalue weighted by molar-refractivity contribution is -0.384. The Morgan fingerprint density at radius 2 is 2.29 bits per heavy atom. The van der Waals surface area contributed by atoms with Crippen molar-refractivity contribution >= 4 is 17.0 Å². The molecule has 1 heterocycles. The predicted molar refractivity (Wildman–Crippen MR) is 65.2 cm³/mol. The molecule has 0 bridgehead atoms. The minimum Gasteiger partial charge on any atom is -0.508 e. The van der Waals surface area contributed by atoms with E-state index in [1.54, 1.807) is 0 Å². The first kappa shape index (κ1) is 11.5. The molecule has 88 valence electrons. The molecule has 6 heteroatoms. The van der Waals surface area contributed by atoms with Gasteiger partial charge in [0.25, 0.3) is 5.69 Å². The molecule has 2 aromatic rings. The van der Waals surface area contributed by atoms with E-state index in [0.29, 0.717) is 10.6 Å². The number of aromatic hydroxyl groups is 1. The molecule has 0 atom stereocenters. The second-order valence-electron chi connectivity index (χ2n) is 3.46. The Kier molecular flexibility index (Phi) is 3.06. The Bertz CT molecular complexity index is 566. The molecule has 5 nitrogen and oxygen atoms in total. The molecule has 1 aromatic heterocycles. The second kappa shape index (κ2) is 4.50. The van der Waals surface area contributed by atoms with Gasteiger partial charge in [0, 0.05) is 11.4 Å². The molecule has 0 aliphatic heterocycles. The largest absolute Gasteiger partial charge is 0.508 e. The van der Waals surface area contributed by atoms with E-state index >= 15 is 0 Å². The molecule has 0 radical (unpaired) electrons. The van der Waals surface area contributed by atoms with Crippen LogP contribution in [0.25, 0.3) is 10.6 Å². The summed E-state index contributed by atoms with van der Waals surface area (Å²) < 4.78 is 0. The maximum atomic E-state index is 10.9. The number of phenolic OH excluding ortho intramolecular Hbond substituents is 1. The number of rotatable bonds is 3. The Labute approximate surface area is 102 Å². The molecular weight excluding hydrogens is 240 g/mol. The van der Waals surface area contributed by atoms with E-state index in [4.69, 9.17) is 0 Å². The summed E-state index contributed by atoms with van der Waals surface area (Å²) in [6, 6.07) is 3.96. The van der Waals surface area contributed by atoms with Crippen LogP contribution in [0.1, 0.15) is 12.6 Å². The zero-order valence-electron chi connectivity index (χ0n) is 9.08. The van der Waals surface area contributed by atoms with Crippen LogP contribution >= 0.6 is 11.3 Å². The fourth-order valence-electron chi connectivity index (χ4n) is 1.45. The van der Waals surface area contributed by atoms with Gasteiger partial charge in [-0.25, -0.2) is 4.98 Å². The van der Waals surface area contributed by atoms with E-state index in [-0.39, 0.29) is 11.4 Å². The summed E-state index contributed by atoms with van der Waals surface area (Å²) in [4.78, 5) is 14.7. The quantitative estimate of drug-likeness (QED) is 0.671. The van der Waals surface area contributed by atoms with Crippen LogP contribution in [0.3, 0.4) is 0 Å². The van der Waals surface area contributed by atoms with Crippen molar-refractivity contribution in [3.8, 4) is 16.3 Å². The normalized spacial score (nSPS) is 10.4. The smallest absolute Gasteiger partial charge is 0.279 e. The monoisotopic (exact) mass is 250 g/mol. The van der Waals surface area contributed by atoms with Gasteiger partial charge in [0.1, 0.15) is 10.8 Å². The van der Waals surface area contributed by atoms with Crippen LogP contribution in [0.4, 0.5) is 5.69 Å². The standard InChI is InChI=1S/C11H10N2O3S/c1-2-7-6-17-11(12-7)9-5-8(14)3-4-10(9)13(15)16/h3-6,14H,2H2,1H3. The van der Waals surface area contributed by atoms with Gasteiger partial charge in [0.05, 0.1) is 16.2 Å². The Balaban J connectivity index is 2.56. The van der Waals surface area contributed by atoms with Gasteiger partial charge in [0.15, 0.2) is 0 Å². The zero-order valence-corrected chi connectivity index (χ0v) is 9.90. The van der Waals surface area contributed by atoms with Crippen molar-refractivity contribution in [1.29, 1.82) is 0 Å². The number of hydrogen-bond acceptors (Lipinski definition) is 5. The summed E-state index contributed by atoms with van der Waals surface area (Å²) >= 11 is 1.34. The van der Waals surface area contributed by atoms with Crippen LogP contribution in [0.2, 0.25) is 0 Å².